The van der Waals surface area contributed by atoms with Gasteiger partial charge in [-0.25, -0.2) is 0 Å². The van der Waals surface area contributed by atoms with Crippen LogP contribution in [-0.4, -0.2) is 11.7 Å². The molecule has 0 bridgehead atoms. The van der Waals surface area contributed by atoms with Gasteiger partial charge in [-0.1, -0.05) is 126 Å². The fourth-order valence-corrected chi connectivity index (χ4v) is 4.05. The lowest BCUT2D eigenvalue weighted by molar-refractivity contribution is 0.350. The summed E-state index contributed by atoms with van der Waals surface area (Å²) in [5, 5.41) is 8.52. The Hall–Kier alpha value is -1.88. The van der Waals surface area contributed by atoms with Gasteiger partial charge in [0.05, 0.1) is 0 Å². The van der Waals surface area contributed by atoms with E-state index >= 15 is 0 Å². The summed E-state index contributed by atoms with van der Waals surface area (Å²) in [6.07, 6.45) is 43.0. The first-order valence-electron chi connectivity index (χ1n) is 14.2. The first kappa shape index (κ1) is 32.1. The molecule has 0 rings (SSSR count). The molecule has 0 saturated carbocycles. The third-order valence-corrected chi connectivity index (χ3v) is 6.11. The van der Waals surface area contributed by atoms with Gasteiger partial charge in [0.1, 0.15) is 6.61 Å². The molecule has 0 saturated heterocycles. The van der Waals surface area contributed by atoms with Crippen LogP contribution in [0, 0.1) is 36.0 Å². The largest absolute Gasteiger partial charge is 0.384 e. The van der Waals surface area contributed by atoms with Crippen molar-refractivity contribution in [2.45, 2.75) is 141 Å². The average Bonchev–Trinajstić information content (AvgIpc) is 2.85. The molecule has 0 aromatic carbocycles. The standard InChI is InChI=1S/C33H52O/c1-2-3-4-5-6-7-8-9-10-11-12-13-14-15-16-17-18-19-20-21-22-23-24-25-26-27-28-29-30-31-32-33-34/h1,3-4,15-16,34H,5-14,17-28,33H2/b4-3-,16-15-. The van der Waals surface area contributed by atoms with Crippen LogP contribution in [0.2, 0.25) is 0 Å². The lowest BCUT2D eigenvalue weighted by Gasteiger charge is -2.02. The second kappa shape index (κ2) is 31.1. The number of terminal acetylenes is 1. The SMILES string of the molecule is C#C/C=C\CCCCCCCCCC/C=C\CCCCCCCCCCCCC#CC#CCO. The summed E-state index contributed by atoms with van der Waals surface area (Å²) in [6, 6.07) is 0. The van der Waals surface area contributed by atoms with Gasteiger partial charge >= 0.3 is 0 Å². The van der Waals surface area contributed by atoms with Crippen LogP contribution in [0.4, 0.5) is 0 Å². The monoisotopic (exact) mass is 464 g/mol. The van der Waals surface area contributed by atoms with Crippen LogP contribution in [0.25, 0.3) is 0 Å². The van der Waals surface area contributed by atoms with Crippen molar-refractivity contribution in [1.82, 2.24) is 0 Å². The molecular weight excluding hydrogens is 412 g/mol. The van der Waals surface area contributed by atoms with Gasteiger partial charge in [0.25, 0.3) is 0 Å². The van der Waals surface area contributed by atoms with E-state index in [0.29, 0.717) is 0 Å². The molecule has 0 aromatic rings. The Bertz CT molecular complexity index is 625. The number of allylic oxidation sites excluding steroid dienone is 4. The Morgan fingerprint density at radius 2 is 0.853 bits per heavy atom. The number of unbranched alkanes of at least 4 members (excludes halogenated alkanes) is 20. The normalized spacial score (nSPS) is 10.7. The molecule has 0 fully saturated rings. The van der Waals surface area contributed by atoms with Crippen molar-refractivity contribution in [1.29, 1.82) is 0 Å². The van der Waals surface area contributed by atoms with E-state index in [-0.39, 0.29) is 6.61 Å². The summed E-state index contributed by atoms with van der Waals surface area (Å²) >= 11 is 0. The van der Waals surface area contributed by atoms with Gasteiger partial charge in [-0.2, -0.15) is 0 Å². The molecule has 0 aliphatic rings. The lowest BCUT2D eigenvalue weighted by atomic mass is 10.0. The topological polar surface area (TPSA) is 20.2 Å². The average molecular weight is 465 g/mol. The first-order chi connectivity index (χ1) is 16.9. The van der Waals surface area contributed by atoms with Gasteiger partial charge in [0.15, 0.2) is 0 Å². The minimum atomic E-state index is -0.0959. The van der Waals surface area contributed by atoms with Gasteiger partial charge in [-0.05, 0) is 62.9 Å². The van der Waals surface area contributed by atoms with E-state index < -0.39 is 0 Å². The Labute approximate surface area is 213 Å². The number of aliphatic hydroxyl groups excluding tert-OH is 1. The Morgan fingerprint density at radius 3 is 1.29 bits per heavy atom. The summed E-state index contributed by atoms with van der Waals surface area (Å²) in [4.78, 5) is 0. The third-order valence-electron chi connectivity index (χ3n) is 6.11. The fraction of sp³-hybridized carbons (Fsp3) is 0.697. The van der Waals surface area contributed by atoms with Crippen molar-refractivity contribution in [2.24, 2.45) is 0 Å². The molecule has 0 aromatic heterocycles. The molecule has 1 N–H and O–H groups in total. The highest BCUT2D eigenvalue weighted by Crippen LogP contribution is 2.13. The van der Waals surface area contributed by atoms with Crippen LogP contribution < -0.4 is 0 Å². The summed E-state index contributed by atoms with van der Waals surface area (Å²) in [6.45, 7) is -0.0959. The molecule has 0 amide bonds. The van der Waals surface area contributed by atoms with Crippen LogP contribution in [0.5, 0.6) is 0 Å². The second-order valence-electron chi connectivity index (χ2n) is 9.28. The summed E-state index contributed by atoms with van der Waals surface area (Å²) < 4.78 is 0. The predicted octanol–water partition coefficient (Wildman–Crippen LogP) is 9.31. The fourth-order valence-electron chi connectivity index (χ4n) is 4.05. The zero-order valence-electron chi connectivity index (χ0n) is 22.1. The van der Waals surface area contributed by atoms with Crippen molar-refractivity contribution in [3.05, 3.63) is 24.3 Å². The molecule has 0 aliphatic carbocycles. The van der Waals surface area contributed by atoms with Gasteiger partial charge in [-0.3, -0.25) is 0 Å². The van der Waals surface area contributed by atoms with E-state index in [9.17, 15) is 0 Å². The van der Waals surface area contributed by atoms with Gasteiger partial charge in [0.2, 0.25) is 0 Å². The Kier molecular flexibility index (Phi) is 29.4. The number of rotatable bonds is 23. The molecule has 0 spiro atoms. The van der Waals surface area contributed by atoms with Crippen LogP contribution in [0.15, 0.2) is 24.3 Å². The highest BCUT2D eigenvalue weighted by atomic mass is 16.2. The number of hydrogen-bond acceptors (Lipinski definition) is 1. The molecular formula is C33H52O. The summed E-state index contributed by atoms with van der Waals surface area (Å²) in [5.74, 6) is 13.5. The van der Waals surface area contributed by atoms with Gasteiger partial charge in [0, 0.05) is 6.42 Å². The molecule has 0 radical (unpaired) electrons. The summed E-state index contributed by atoms with van der Waals surface area (Å²) in [5.41, 5.74) is 0. The number of aliphatic hydroxyl groups is 1. The first-order valence-corrected chi connectivity index (χ1v) is 14.2. The van der Waals surface area contributed by atoms with Crippen LogP contribution in [0.3, 0.4) is 0 Å². The highest BCUT2D eigenvalue weighted by molar-refractivity contribution is 5.25. The quantitative estimate of drug-likeness (QED) is 0.0907. The van der Waals surface area contributed by atoms with E-state index in [4.69, 9.17) is 11.5 Å². The maximum absolute atomic E-state index is 8.52. The molecule has 0 aliphatic heterocycles. The lowest BCUT2D eigenvalue weighted by Crippen LogP contribution is -1.82. The molecule has 0 heterocycles. The summed E-state index contributed by atoms with van der Waals surface area (Å²) in [7, 11) is 0. The maximum atomic E-state index is 8.52. The van der Waals surface area contributed by atoms with Crippen molar-refractivity contribution in [2.75, 3.05) is 6.61 Å². The molecule has 1 heteroatoms. The van der Waals surface area contributed by atoms with Crippen molar-refractivity contribution >= 4 is 0 Å². The Morgan fingerprint density at radius 1 is 0.471 bits per heavy atom. The Balaban J connectivity index is 3.16. The predicted molar refractivity (Wildman–Crippen MR) is 151 cm³/mol. The van der Waals surface area contributed by atoms with E-state index in [0.717, 1.165) is 12.8 Å². The van der Waals surface area contributed by atoms with E-state index in [1.54, 1.807) is 0 Å². The van der Waals surface area contributed by atoms with Crippen molar-refractivity contribution in [3.8, 4) is 36.0 Å². The van der Waals surface area contributed by atoms with Crippen LogP contribution in [-0.2, 0) is 0 Å². The van der Waals surface area contributed by atoms with Crippen LogP contribution in [0.1, 0.15) is 141 Å². The van der Waals surface area contributed by atoms with E-state index in [2.05, 4.69) is 47.8 Å². The smallest absolute Gasteiger partial charge is 0.105 e. The minimum absolute atomic E-state index is 0.0959. The zero-order valence-corrected chi connectivity index (χ0v) is 22.1. The molecule has 0 unspecified atom stereocenters. The molecule has 0 atom stereocenters. The maximum Gasteiger partial charge on any atom is 0.105 e. The third kappa shape index (κ3) is 30.1. The molecule has 1 nitrogen and oxygen atoms in total. The zero-order chi connectivity index (χ0) is 24.6. The molecule has 34 heavy (non-hydrogen) atoms. The van der Waals surface area contributed by atoms with E-state index in [1.165, 1.54) is 128 Å². The van der Waals surface area contributed by atoms with E-state index in [1.807, 2.05) is 6.08 Å². The van der Waals surface area contributed by atoms with Gasteiger partial charge < -0.3 is 5.11 Å². The van der Waals surface area contributed by atoms with Crippen molar-refractivity contribution < 1.29 is 5.11 Å². The minimum Gasteiger partial charge on any atom is -0.384 e. The van der Waals surface area contributed by atoms with Crippen LogP contribution >= 0.6 is 0 Å². The van der Waals surface area contributed by atoms with Gasteiger partial charge in [-0.15, -0.1) is 6.42 Å². The molecule has 190 valence electrons. The second-order valence-corrected chi connectivity index (χ2v) is 9.28. The highest BCUT2D eigenvalue weighted by Gasteiger charge is 1.94. The van der Waals surface area contributed by atoms with Crippen molar-refractivity contribution in [3.63, 3.8) is 0 Å². The number of hydrogen-bond donors (Lipinski definition) is 1.